The van der Waals surface area contributed by atoms with E-state index < -0.39 is 0 Å². The van der Waals surface area contributed by atoms with E-state index in [-0.39, 0.29) is 20.1 Å². The van der Waals surface area contributed by atoms with Gasteiger partial charge in [-0.05, 0) is 30.7 Å². The summed E-state index contributed by atoms with van der Waals surface area (Å²) in [4.78, 5) is 4.46. The van der Waals surface area contributed by atoms with E-state index in [1.54, 1.807) is 6.20 Å². The molecule has 151 valence electrons. The van der Waals surface area contributed by atoms with Crippen LogP contribution in [0.3, 0.4) is 0 Å². The predicted octanol–water partition coefficient (Wildman–Crippen LogP) is 4.16. The zero-order valence-electron chi connectivity index (χ0n) is 16.0. The van der Waals surface area contributed by atoms with Crippen LogP contribution in [0.15, 0.2) is 60.9 Å². The van der Waals surface area contributed by atoms with E-state index in [1.807, 2.05) is 59.3 Å². The molecule has 0 bridgehead atoms. The second-order valence-electron chi connectivity index (χ2n) is 5.96. The van der Waals surface area contributed by atoms with E-state index in [2.05, 4.69) is 18.0 Å². The van der Waals surface area contributed by atoms with Gasteiger partial charge in [-0.25, -0.2) is 0 Å². The molecule has 0 saturated heterocycles. The molecule has 0 aliphatic heterocycles. The third-order valence-electron chi connectivity index (χ3n) is 3.92. The molecule has 3 rings (SSSR count). The number of aromatic nitrogens is 2. The Labute approximate surface area is 180 Å². The van der Waals surface area contributed by atoms with Gasteiger partial charge in [0.15, 0.2) is 0 Å². The van der Waals surface area contributed by atoms with E-state index in [0.29, 0.717) is 26.4 Å². The minimum atomic E-state index is 0. The molecule has 6 heteroatoms. The van der Waals surface area contributed by atoms with Crippen molar-refractivity contribution < 1.29 is 34.3 Å². The molecule has 1 heterocycles. The molecular weight excluding hydrogens is 532 g/mol. The Morgan fingerprint density at radius 3 is 2.39 bits per heavy atom. The molecule has 0 saturated carbocycles. The Morgan fingerprint density at radius 1 is 0.929 bits per heavy atom. The number of benzene rings is 2. The van der Waals surface area contributed by atoms with Crippen molar-refractivity contribution in [3.8, 4) is 22.8 Å². The van der Waals surface area contributed by atoms with Crippen LogP contribution in [-0.2, 0) is 29.6 Å². The molecule has 3 aromatic rings. The first-order valence-corrected chi connectivity index (χ1v) is 9.27. The standard InChI is InChI=1S/C22H25N2O3.Ir/c1-2-14-25-15-16-26-17-18-27-21-10-8-20(9-11-21)24-13-12-23-22(24)19-6-4-3-5-7-19;/h3-6,8-13H,2,14-18H2,1H3;/q-1;. The summed E-state index contributed by atoms with van der Waals surface area (Å²) in [6, 6.07) is 19.0. The molecule has 0 amide bonds. The number of ether oxygens (including phenoxy) is 3. The van der Waals surface area contributed by atoms with Gasteiger partial charge in [-0.1, -0.05) is 6.92 Å². The average Bonchev–Trinajstić information content (AvgIpc) is 3.21. The van der Waals surface area contributed by atoms with E-state index in [9.17, 15) is 0 Å². The van der Waals surface area contributed by atoms with Crippen LogP contribution in [0.4, 0.5) is 0 Å². The Bertz CT molecular complexity index is 791. The van der Waals surface area contributed by atoms with E-state index >= 15 is 0 Å². The summed E-state index contributed by atoms with van der Waals surface area (Å²) in [5.41, 5.74) is 1.99. The van der Waals surface area contributed by atoms with Gasteiger partial charge in [0.2, 0.25) is 0 Å². The molecule has 28 heavy (non-hydrogen) atoms. The fourth-order valence-electron chi connectivity index (χ4n) is 2.63. The van der Waals surface area contributed by atoms with Gasteiger partial charge < -0.3 is 18.8 Å². The van der Waals surface area contributed by atoms with Crippen LogP contribution in [0.1, 0.15) is 13.3 Å². The number of nitrogens with zero attached hydrogens (tertiary/aromatic N) is 2. The first-order valence-electron chi connectivity index (χ1n) is 9.27. The molecule has 2 aromatic carbocycles. The third kappa shape index (κ3) is 6.57. The zero-order chi connectivity index (χ0) is 18.7. The average molecular weight is 558 g/mol. The van der Waals surface area contributed by atoms with Crippen molar-refractivity contribution in [1.82, 2.24) is 9.55 Å². The normalized spacial score (nSPS) is 10.5. The second kappa shape index (κ2) is 12.5. The topological polar surface area (TPSA) is 45.5 Å². The summed E-state index contributed by atoms with van der Waals surface area (Å²) in [7, 11) is 0. The summed E-state index contributed by atoms with van der Waals surface area (Å²) >= 11 is 0. The first-order chi connectivity index (χ1) is 13.4. The van der Waals surface area contributed by atoms with Gasteiger partial charge in [-0.15, -0.1) is 35.9 Å². The van der Waals surface area contributed by atoms with Crippen LogP contribution >= 0.6 is 0 Å². The number of rotatable bonds is 11. The van der Waals surface area contributed by atoms with Crippen molar-refractivity contribution >= 4 is 0 Å². The smallest absolute Gasteiger partial charge is 0.119 e. The summed E-state index contributed by atoms with van der Waals surface area (Å²) in [5, 5.41) is 0. The summed E-state index contributed by atoms with van der Waals surface area (Å²) < 4.78 is 18.6. The van der Waals surface area contributed by atoms with Gasteiger partial charge in [-0.2, -0.15) is 0 Å². The van der Waals surface area contributed by atoms with Gasteiger partial charge in [0.1, 0.15) is 12.4 Å². The molecule has 0 aliphatic carbocycles. The quantitative estimate of drug-likeness (QED) is 0.263. The Balaban J connectivity index is 0.00000280. The Kier molecular flexibility index (Phi) is 9.94. The van der Waals surface area contributed by atoms with Gasteiger partial charge in [0, 0.05) is 44.8 Å². The Hall–Kier alpha value is -1.98. The molecule has 1 aromatic heterocycles. The predicted molar refractivity (Wildman–Crippen MR) is 105 cm³/mol. The molecule has 0 fully saturated rings. The molecule has 0 N–H and O–H groups in total. The number of hydrogen-bond acceptors (Lipinski definition) is 4. The third-order valence-corrected chi connectivity index (χ3v) is 3.92. The maximum atomic E-state index is 5.72. The van der Waals surface area contributed by atoms with Crippen molar-refractivity contribution in [2.24, 2.45) is 0 Å². The minimum Gasteiger partial charge on any atom is -0.491 e. The van der Waals surface area contributed by atoms with Gasteiger partial charge in [0.25, 0.3) is 0 Å². The number of imidazole rings is 1. The summed E-state index contributed by atoms with van der Waals surface area (Å²) in [6.07, 6.45) is 4.77. The van der Waals surface area contributed by atoms with Crippen LogP contribution in [0.25, 0.3) is 17.1 Å². The van der Waals surface area contributed by atoms with Crippen LogP contribution in [0.5, 0.6) is 5.75 Å². The summed E-state index contributed by atoms with van der Waals surface area (Å²) in [5.74, 6) is 1.68. The molecule has 5 nitrogen and oxygen atoms in total. The van der Waals surface area contributed by atoms with Gasteiger partial charge in [-0.3, -0.25) is 4.98 Å². The first kappa shape index (κ1) is 22.3. The van der Waals surface area contributed by atoms with Crippen LogP contribution in [0.2, 0.25) is 0 Å². The van der Waals surface area contributed by atoms with E-state index in [0.717, 1.165) is 35.9 Å². The van der Waals surface area contributed by atoms with E-state index in [4.69, 9.17) is 14.2 Å². The van der Waals surface area contributed by atoms with Gasteiger partial charge in [0.05, 0.1) is 25.6 Å². The monoisotopic (exact) mass is 558 g/mol. The minimum absolute atomic E-state index is 0. The summed E-state index contributed by atoms with van der Waals surface area (Å²) in [6.45, 7) is 5.17. The second-order valence-corrected chi connectivity index (χ2v) is 5.96. The molecule has 0 unspecified atom stereocenters. The van der Waals surface area contributed by atoms with Crippen molar-refractivity contribution in [2.45, 2.75) is 13.3 Å². The van der Waals surface area contributed by atoms with Crippen molar-refractivity contribution in [3.05, 3.63) is 67.0 Å². The number of hydrogen-bond donors (Lipinski definition) is 0. The molecule has 1 radical (unpaired) electrons. The molecule has 0 spiro atoms. The van der Waals surface area contributed by atoms with Crippen molar-refractivity contribution in [3.63, 3.8) is 0 Å². The van der Waals surface area contributed by atoms with Crippen LogP contribution in [-0.4, -0.2) is 42.6 Å². The van der Waals surface area contributed by atoms with Crippen molar-refractivity contribution in [1.29, 1.82) is 0 Å². The SMILES string of the molecule is CCCOCCOCCOc1ccc(-n2ccnc2-c2[c-]cccc2)cc1.[Ir]. The van der Waals surface area contributed by atoms with E-state index in [1.165, 1.54) is 0 Å². The maximum Gasteiger partial charge on any atom is 0.119 e. The maximum absolute atomic E-state index is 5.72. The zero-order valence-corrected chi connectivity index (χ0v) is 18.4. The molecule has 0 aliphatic rings. The van der Waals surface area contributed by atoms with Gasteiger partial charge >= 0.3 is 0 Å². The largest absolute Gasteiger partial charge is 0.491 e. The Morgan fingerprint density at radius 2 is 1.68 bits per heavy atom. The van der Waals surface area contributed by atoms with Crippen LogP contribution in [0, 0.1) is 6.07 Å². The van der Waals surface area contributed by atoms with Crippen LogP contribution < -0.4 is 4.74 Å². The fraction of sp³-hybridized carbons (Fsp3) is 0.318. The molecule has 0 atom stereocenters. The van der Waals surface area contributed by atoms with Crippen molar-refractivity contribution in [2.75, 3.05) is 33.0 Å². The fourth-order valence-corrected chi connectivity index (χ4v) is 2.63. The molecular formula is C22H25IrN2O3-.